The van der Waals surface area contributed by atoms with E-state index >= 15 is 0 Å². The molecule has 0 spiro atoms. The van der Waals surface area contributed by atoms with Crippen molar-refractivity contribution in [2.45, 2.75) is 33.2 Å². The monoisotopic (exact) mass is 317 g/mol. The lowest BCUT2D eigenvalue weighted by Gasteiger charge is -2.14. The number of aryl methyl sites for hydroxylation is 2. The van der Waals surface area contributed by atoms with E-state index in [1.165, 1.54) is 0 Å². The van der Waals surface area contributed by atoms with Gasteiger partial charge >= 0.3 is 6.03 Å². The zero-order valence-corrected chi connectivity index (χ0v) is 14.0. The van der Waals surface area contributed by atoms with Crippen LogP contribution in [-0.4, -0.2) is 40.6 Å². The summed E-state index contributed by atoms with van der Waals surface area (Å²) in [6.07, 6.45) is 2.38. The summed E-state index contributed by atoms with van der Waals surface area (Å²) >= 11 is 0. The number of aromatic nitrogens is 3. The second-order valence-electron chi connectivity index (χ2n) is 5.52. The van der Waals surface area contributed by atoms with Crippen LogP contribution in [0.5, 0.6) is 0 Å². The first-order valence-electron chi connectivity index (χ1n) is 7.55. The molecule has 0 aliphatic carbocycles. The minimum Gasteiger partial charge on any atom is -0.385 e. The number of anilines is 1. The van der Waals surface area contributed by atoms with Gasteiger partial charge in [0, 0.05) is 25.5 Å². The van der Waals surface area contributed by atoms with Crippen LogP contribution in [0, 0.1) is 13.8 Å². The highest BCUT2D eigenvalue weighted by atomic mass is 16.5. The molecule has 1 atom stereocenters. The first-order valence-corrected chi connectivity index (χ1v) is 7.55. The predicted octanol–water partition coefficient (Wildman–Crippen LogP) is 2.43. The SMILES string of the molecule is COCC[C@H](C)NC(=O)Nc1ccc(-n2nc(C)cc2C)nc1. The summed E-state index contributed by atoms with van der Waals surface area (Å²) in [7, 11) is 1.64. The van der Waals surface area contributed by atoms with Gasteiger partial charge in [-0.25, -0.2) is 14.5 Å². The van der Waals surface area contributed by atoms with Crippen LogP contribution < -0.4 is 10.6 Å². The number of carbonyl (C=O) groups excluding carboxylic acids is 1. The number of pyridine rings is 1. The van der Waals surface area contributed by atoms with Gasteiger partial charge in [0.25, 0.3) is 0 Å². The Balaban J connectivity index is 1.95. The van der Waals surface area contributed by atoms with Crippen molar-refractivity contribution in [3.8, 4) is 5.82 Å². The van der Waals surface area contributed by atoms with Crippen LogP contribution in [0.1, 0.15) is 24.7 Å². The van der Waals surface area contributed by atoms with Crippen molar-refractivity contribution in [2.24, 2.45) is 0 Å². The van der Waals surface area contributed by atoms with Crippen molar-refractivity contribution < 1.29 is 9.53 Å². The number of ether oxygens (including phenoxy) is 1. The molecular formula is C16H23N5O2. The molecule has 0 aromatic carbocycles. The van der Waals surface area contributed by atoms with E-state index in [9.17, 15) is 4.79 Å². The molecule has 23 heavy (non-hydrogen) atoms. The van der Waals surface area contributed by atoms with E-state index in [-0.39, 0.29) is 12.1 Å². The summed E-state index contributed by atoms with van der Waals surface area (Å²) < 4.78 is 6.76. The molecule has 2 rings (SSSR count). The number of amides is 2. The Hall–Kier alpha value is -2.41. The van der Waals surface area contributed by atoms with Crippen LogP contribution in [0.3, 0.4) is 0 Å². The van der Waals surface area contributed by atoms with Crippen molar-refractivity contribution in [3.63, 3.8) is 0 Å². The van der Waals surface area contributed by atoms with Gasteiger partial charge in [-0.05, 0) is 45.4 Å². The number of carbonyl (C=O) groups is 1. The summed E-state index contributed by atoms with van der Waals surface area (Å²) in [4.78, 5) is 16.2. The second kappa shape index (κ2) is 7.73. The number of rotatable bonds is 6. The van der Waals surface area contributed by atoms with Gasteiger partial charge in [-0.2, -0.15) is 5.10 Å². The topological polar surface area (TPSA) is 81.1 Å². The van der Waals surface area contributed by atoms with Gasteiger partial charge in [-0.1, -0.05) is 0 Å². The fraction of sp³-hybridized carbons (Fsp3) is 0.438. The predicted molar refractivity (Wildman–Crippen MR) is 88.9 cm³/mol. The summed E-state index contributed by atoms with van der Waals surface area (Å²) in [5, 5.41) is 9.99. The minimum atomic E-state index is -0.255. The summed E-state index contributed by atoms with van der Waals surface area (Å²) in [6.45, 7) is 6.46. The number of nitrogens with one attached hydrogen (secondary N) is 2. The van der Waals surface area contributed by atoms with E-state index in [1.54, 1.807) is 24.1 Å². The number of methoxy groups -OCH3 is 1. The molecule has 0 radical (unpaired) electrons. The maximum absolute atomic E-state index is 11.9. The normalized spacial score (nSPS) is 12.0. The van der Waals surface area contributed by atoms with Gasteiger partial charge in [-0.3, -0.25) is 0 Å². The Bertz CT molecular complexity index is 651. The molecule has 0 saturated carbocycles. The molecule has 2 aromatic rings. The zero-order chi connectivity index (χ0) is 16.8. The van der Waals surface area contributed by atoms with Crippen molar-refractivity contribution in [1.82, 2.24) is 20.1 Å². The first kappa shape index (κ1) is 17.0. The molecule has 0 unspecified atom stereocenters. The largest absolute Gasteiger partial charge is 0.385 e. The van der Waals surface area contributed by atoms with Gasteiger partial charge < -0.3 is 15.4 Å². The van der Waals surface area contributed by atoms with Crippen molar-refractivity contribution in [2.75, 3.05) is 19.0 Å². The van der Waals surface area contributed by atoms with Crippen molar-refractivity contribution >= 4 is 11.7 Å². The Morgan fingerprint density at radius 3 is 2.74 bits per heavy atom. The molecule has 0 aliphatic heterocycles. The number of nitrogens with zero attached hydrogens (tertiary/aromatic N) is 3. The quantitative estimate of drug-likeness (QED) is 0.857. The van der Waals surface area contributed by atoms with E-state index in [0.29, 0.717) is 12.3 Å². The molecule has 7 nitrogen and oxygen atoms in total. The van der Waals surface area contributed by atoms with E-state index < -0.39 is 0 Å². The van der Waals surface area contributed by atoms with Crippen LogP contribution in [0.15, 0.2) is 24.4 Å². The van der Waals surface area contributed by atoms with Gasteiger partial charge in [0.15, 0.2) is 5.82 Å². The third-order valence-electron chi connectivity index (χ3n) is 3.36. The van der Waals surface area contributed by atoms with Crippen molar-refractivity contribution in [3.05, 3.63) is 35.8 Å². The molecular weight excluding hydrogens is 294 g/mol. The molecule has 0 bridgehead atoms. The Kier molecular flexibility index (Phi) is 5.70. The highest BCUT2D eigenvalue weighted by Crippen LogP contribution is 2.12. The number of hydrogen-bond donors (Lipinski definition) is 2. The number of hydrogen-bond acceptors (Lipinski definition) is 4. The second-order valence-corrected chi connectivity index (χ2v) is 5.52. The average Bonchev–Trinajstić information content (AvgIpc) is 2.84. The highest BCUT2D eigenvalue weighted by molar-refractivity contribution is 5.89. The lowest BCUT2D eigenvalue weighted by molar-refractivity contribution is 0.185. The fourth-order valence-corrected chi connectivity index (χ4v) is 2.20. The van der Waals surface area contributed by atoms with E-state index in [1.807, 2.05) is 32.9 Å². The van der Waals surface area contributed by atoms with Crippen molar-refractivity contribution in [1.29, 1.82) is 0 Å². The van der Waals surface area contributed by atoms with E-state index in [0.717, 1.165) is 23.6 Å². The summed E-state index contributed by atoms with van der Waals surface area (Å²) in [6, 6.07) is 5.40. The summed E-state index contributed by atoms with van der Waals surface area (Å²) in [5.74, 6) is 0.718. The molecule has 2 N–H and O–H groups in total. The zero-order valence-electron chi connectivity index (χ0n) is 14.0. The lowest BCUT2D eigenvalue weighted by atomic mass is 10.2. The van der Waals surface area contributed by atoms with Crippen LogP contribution in [0.2, 0.25) is 0 Å². The third-order valence-corrected chi connectivity index (χ3v) is 3.36. The molecule has 7 heteroatoms. The highest BCUT2D eigenvalue weighted by Gasteiger charge is 2.08. The van der Waals surface area contributed by atoms with Gasteiger partial charge in [0.1, 0.15) is 0 Å². The molecule has 0 saturated heterocycles. The Morgan fingerprint density at radius 2 is 2.17 bits per heavy atom. The maximum atomic E-state index is 11.9. The minimum absolute atomic E-state index is 0.0388. The van der Waals surface area contributed by atoms with Gasteiger partial charge in [-0.15, -0.1) is 0 Å². The average molecular weight is 317 g/mol. The Labute approximate surface area is 136 Å². The van der Waals surface area contributed by atoms with E-state index in [4.69, 9.17) is 4.74 Å². The van der Waals surface area contributed by atoms with Crippen LogP contribution >= 0.6 is 0 Å². The van der Waals surface area contributed by atoms with Gasteiger partial charge in [0.05, 0.1) is 17.6 Å². The van der Waals surface area contributed by atoms with Crippen LogP contribution in [0.25, 0.3) is 5.82 Å². The van der Waals surface area contributed by atoms with Gasteiger partial charge in [0.2, 0.25) is 0 Å². The third kappa shape index (κ3) is 4.79. The number of urea groups is 1. The molecule has 0 fully saturated rings. The Morgan fingerprint density at radius 1 is 1.39 bits per heavy atom. The molecule has 0 aliphatic rings. The lowest BCUT2D eigenvalue weighted by Crippen LogP contribution is -2.36. The van der Waals surface area contributed by atoms with Crippen LogP contribution in [0.4, 0.5) is 10.5 Å². The molecule has 2 aromatic heterocycles. The molecule has 124 valence electrons. The summed E-state index contributed by atoms with van der Waals surface area (Å²) in [5.41, 5.74) is 2.59. The fourth-order valence-electron chi connectivity index (χ4n) is 2.20. The first-order chi connectivity index (χ1) is 11.0. The maximum Gasteiger partial charge on any atom is 0.319 e. The molecule has 2 heterocycles. The standard InChI is InChI=1S/C16H23N5O2/c1-11(7-8-23-4)18-16(22)19-14-5-6-15(17-10-14)21-13(3)9-12(2)20-21/h5-6,9-11H,7-8H2,1-4H3,(H2,18,19,22)/t11-/m0/s1. The molecule has 2 amide bonds. The van der Waals surface area contributed by atoms with Crippen LogP contribution in [-0.2, 0) is 4.74 Å². The van der Waals surface area contributed by atoms with E-state index in [2.05, 4.69) is 20.7 Å². The smallest absolute Gasteiger partial charge is 0.319 e.